The molecule has 5 heterocycles. The first-order valence-corrected chi connectivity index (χ1v) is 13.5. The van der Waals surface area contributed by atoms with Crippen molar-refractivity contribution in [2.45, 2.75) is 0 Å². The molecule has 0 saturated heterocycles. The minimum atomic E-state index is 0.747. The molecule has 4 aromatic carbocycles. The first-order chi connectivity index (χ1) is 20.3. The molecule has 0 spiro atoms. The summed E-state index contributed by atoms with van der Waals surface area (Å²) < 4.78 is 10.7. The lowest BCUT2D eigenvalue weighted by atomic mass is 9.99. The number of benzene rings is 4. The van der Waals surface area contributed by atoms with Gasteiger partial charge in [0.05, 0.1) is 5.52 Å². The topological polar surface area (TPSA) is 56.7 Å². The summed E-state index contributed by atoms with van der Waals surface area (Å²) in [5.74, 6) is 1.50. The smallest absolute Gasteiger partial charge is 0.146 e. The molecule has 5 aromatic heterocycles. The molecule has 9 aromatic rings. The van der Waals surface area contributed by atoms with E-state index in [9.17, 15) is 0 Å². The highest BCUT2D eigenvalue weighted by atomic mass is 16.5. The number of nitrogens with zero attached hydrogens (tertiary/aromatic N) is 5. The zero-order valence-corrected chi connectivity index (χ0v) is 21.8. The van der Waals surface area contributed by atoms with Gasteiger partial charge in [-0.2, -0.15) is 0 Å². The normalized spacial score (nSPS) is 11.9. The number of imidazole rings is 2. The number of hydrogen-bond acceptors (Lipinski definition) is 4. The molecule has 0 aliphatic rings. The average Bonchev–Trinajstić information content (AvgIpc) is 3.73. The minimum absolute atomic E-state index is 0.747. The van der Waals surface area contributed by atoms with Crippen LogP contribution < -0.4 is 4.74 Å². The first-order valence-electron chi connectivity index (χ1n) is 13.5. The highest BCUT2D eigenvalue weighted by molar-refractivity contribution is 6.13. The number of fused-ring (bicyclic) bond motifs is 12. The summed E-state index contributed by atoms with van der Waals surface area (Å²) >= 11 is 0. The SMILES string of the molecule is c1ccc(-c2ccc3c(c2)c2ccc(Oc4ccc5c6cccnc6n6ccnc6c5c4)cc2c2nccn32)cc1. The van der Waals surface area contributed by atoms with E-state index < -0.39 is 0 Å². The molecular weight excluding hydrogens is 506 g/mol. The van der Waals surface area contributed by atoms with Crippen molar-refractivity contribution in [3.63, 3.8) is 0 Å². The van der Waals surface area contributed by atoms with Crippen molar-refractivity contribution in [3.05, 3.63) is 128 Å². The Kier molecular flexibility index (Phi) is 4.51. The van der Waals surface area contributed by atoms with E-state index in [0.29, 0.717) is 0 Å². The van der Waals surface area contributed by atoms with E-state index in [2.05, 4.69) is 87.2 Å². The Hall–Kier alpha value is -5.75. The zero-order valence-electron chi connectivity index (χ0n) is 21.8. The second-order valence-electron chi connectivity index (χ2n) is 10.2. The molecular formula is C35H21N5O. The van der Waals surface area contributed by atoms with Crippen molar-refractivity contribution in [2.24, 2.45) is 0 Å². The summed E-state index contributed by atoms with van der Waals surface area (Å²) in [6.07, 6.45) is 9.44. The molecule has 0 fully saturated rings. The number of pyridine rings is 3. The highest BCUT2D eigenvalue weighted by Crippen LogP contribution is 2.36. The van der Waals surface area contributed by atoms with Crippen molar-refractivity contribution in [1.29, 1.82) is 0 Å². The van der Waals surface area contributed by atoms with Crippen molar-refractivity contribution < 1.29 is 4.74 Å². The van der Waals surface area contributed by atoms with E-state index in [-0.39, 0.29) is 0 Å². The number of hydrogen-bond donors (Lipinski definition) is 0. The third kappa shape index (κ3) is 3.28. The summed E-state index contributed by atoms with van der Waals surface area (Å²) in [6.45, 7) is 0. The van der Waals surface area contributed by atoms with Gasteiger partial charge in [-0.25, -0.2) is 15.0 Å². The van der Waals surface area contributed by atoms with Gasteiger partial charge in [0.25, 0.3) is 0 Å². The van der Waals surface area contributed by atoms with E-state index >= 15 is 0 Å². The summed E-state index contributed by atoms with van der Waals surface area (Å²) in [5, 5.41) is 6.54. The Bertz CT molecular complexity index is 2460. The van der Waals surface area contributed by atoms with Gasteiger partial charge in [-0.1, -0.05) is 36.4 Å². The predicted molar refractivity (Wildman–Crippen MR) is 164 cm³/mol. The average molecular weight is 528 g/mol. The van der Waals surface area contributed by atoms with Crippen molar-refractivity contribution in [2.75, 3.05) is 0 Å². The summed E-state index contributed by atoms with van der Waals surface area (Å²) in [7, 11) is 0. The third-order valence-corrected chi connectivity index (χ3v) is 7.94. The second-order valence-corrected chi connectivity index (χ2v) is 10.2. The Morgan fingerprint density at radius 3 is 1.88 bits per heavy atom. The molecule has 0 bridgehead atoms. The third-order valence-electron chi connectivity index (χ3n) is 7.94. The number of aromatic nitrogens is 5. The number of rotatable bonds is 3. The van der Waals surface area contributed by atoms with Crippen LogP contribution in [0.2, 0.25) is 0 Å². The van der Waals surface area contributed by atoms with E-state index in [0.717, 1.165) is 60.9 Å². The maximum atomic E-state index is 6.47. The molecule has 0 unspecified atom stereocenters. The molecule has 192 valence electrons. The van der Waals surface area contributed by atoms with Gasteiger partial charge >= 0.3 is 0 Å². The van der Waals surface area contributed by atoms with E-state index in [1.54, 1.807) is 0 Å². The van der Waals surface area contributed by atoms with Crippen LogP contribution in [0.4, 0.5) is 0 Å². The predicted octanol–water partition coefficient (Wildman–Crippen LogP) is 8.45. The Morgan fingerprint density at radius 2 is 1.10 bits per heavy atom. The second kappa shape index (κ2) is 8.37. The van der Waals surface area contributed by atoms with Gasteiger partial charge in [-0.05, 0) is 82.6 Å². The monoisotopic (exact) mass is 527 g/mol. The molecule has 0 N–H and O–H groups in total. The van der Waals surface area contributed by atoms with Crippen LogP contribution in [0, 0.1) is 0 Å². The summed E-state index contributed by atoms with van der Waals surface area (Å²) in [5.41, 5.74) is 6.15. The molecule has 0 saturated carbocycles. The van der Waals surface area contributed by atoms with Gasteiger partial charge < -0.3 is 4.74 Å². The molecule has 9 rings (SSSR count). The Labute approximate surface area is 233 Å². The molecule has 0 radical (unpaired) electrons. The first kappa shape index (κ1) is 22.1. The van der Waals surface area contributed by atoms with Crippen LogP contribution in [-0.2, 0) is 0 Å². The van der Waals surface area contributed by atoms with Crippen molar-refractivity contribution >= 4 is 54.8 Å². The molecule has 0 aliphatic carbocycles. The number of ether oxygens (including phenoxy) is 1. The summed E-state index contributed by atoms with van der Waals surface area (Å²) in [6, 6.07) is 33.6. The van der Waals surface area contributed by atoms with Crippen LogP contribution in [0.5, 0.6) is 11.5 Å². The Morgan fingerprint density at radius 1 is 0.439 bits per heavy atom. The van der Waals surface area contributed by atoms with Crippen molar-refractivity contribution in [3.8, 4) is 22.6 Å². The highest BCUT2D eigenvalue weighted by Gasteiger charge is 2.14. The van der Waals surface area contributed by atoms with Gasteiger partial charge in [-0.3, -0.25) is 8.80 Å². The van der Waals surface area contributed by atoms with Crippen LogP contribution in [0.3, 0.4) is 0 Å². The van der Waals surface area contributed by atoms with E-state index in [1.165, 1.54) is 16.5 Å². The lowest BCUT2D eigenvalue weighted by molar-refractivity contribution is 0.484. The van der Waals surface area contributed by atoms with Crippen LogP contribution in [0.25, 0.3) is 65.9 Å². The molecule has 6 nitrogen and oxygen atoms in total. The fourth-order valence-electron chi connectivity index (χ4n) is 6.09. The molecule has 0 aliphatic heterocycles. The molecule has 0 amide bonds. The van der Waals surface area contributed by atoms with E-state index in [1.807, 2.05) is 59.7 Å². The van der Waals surface area contributed by atoms with Gasteiger partial charge in [0.2, 0.25) is 0 Å². The largest absolute Gasteiger partial charge is 0.457 e. The molecule has 0 atom stereocenters. The fourth-order valence-corrected chi connectivity index (χ4v) is 6.09. The quantitative estimate of drug-likeness (QED) is 0.216. The standard InChI is InChI=1S/C35H21N5O/c1-2-5-22(6-3-1)23-8-13-32-29(19-23)27-12-10-25(21-31(27)34-37-15-17-39(32)34)41-24-9-11-26-28-7-4-14-36-33(28)40-18-16-38-35(40)30(26)20-24/h1-21H. The van der Waals surface area contributed by atoms with Gasteiger partial charge in [0.15, 0.2) is 0 Å². The van der Waals surface area contributed by atoms with Gasteiger partial charge in [-0.15, -0.1) is 0 Å². The maximum absolute atomic E-state index is 6.47. The molecule has 41 heavy (non-hydrogen) atoms. The summed E-state index contributed by atoms with van der Waals surface area (Å²) in [4.78, 5) is 13.9. The van der Waals surface area contributed by atoms with Crippen LogP contribution in [-0.4, -0.2) is 23.8 Å². The maximum Gasteiger partial charge on any atom is 0.146 e. The van der Waals surface area contributed by atoms with Gasteiger partial charge in [0.1, 0.15) is 28.4 Å². The minimum Gasteiger partial charge on any atom is -0.457 e. The van der Waals surface area contributed by atoms with E-state index in [4.69, 9.17) is 9.72 Å². The van der Waals surface area contributed by atoms with Gasteiger partial charge in [0, 0.05) is 52.5 Å². The Balaban J connectivity index is 1.20. The van der Waals surface area contributed by atoms with Crippen LogP contribution >= 0.6 is 0 Å². The fraction of sp³-hybridized carbons (Fsp3) is 0. The van der Waals surface area contributed by atoms with Crippen LogP contribution in [0.15, 0.2) is 128 Å². The lowest BCUT2D eigenvalue weighted by Gasteiger charge is -2.13. The lowest BCUT2D eigenvalue weighted by Crippen LogP contribution is -1.94. The molecule has 6 heteroatoms. The van der Waals surface area contributed by atoms with Crippen molar-refractivity contribution in [1.82, 2.24) is 23.8 Å². The zero-order chi connectivity index (χ0) is 26.9. The van der Waals surface area contributed by atoms with Crippen LogP contribution in [0.1, 0.15) is 0 Å².